The second kappa shape index (κ2) is 6.60. The molecule has 0 radical (unpaired) electrons. The first-order valence-electron chi connectivity index (χ1n) is 5.89. The lowest BCUT2D eigenvalue weighted by Gasteiger charge is -2.25. The van der Waals surface area contributed by atoms with Crippen LogP contribution in [-0.2, 0) is 4.79 Å². The van der Waals surface area contributed by atoms with Crippen LogP contribution in [0.15, 0.2) is 18.3 Å². The average Bonchev–Trinajstić information content (AvgIpc) is 2.38. The van der Waals surface area contributed by atoms with Gasteiger partial charge in [-0.15, -0.1) is 0 Å². The molecule has 0 spiro atoms. The summed E-state index contributed by atoms with van der Waals surface area (Å²) in [4.78, 5) is 19.2. The molecule has 1 aromatic rings. The average molecular weight is 246 g/mol. The maximum Gasteiger partial charge on any atom is 0.241 e. The molecule has 0 aliphatic carbocycles. The van der Waals surface area contributed by atoms with Crippen LogP contribution in [0.3, 0.4) is 0 Å². The summed E-state index contributed by atoms with van der Waals surface area (Å²) in [6.07, 6.45) is 2.53. The van der Waals surface area contributed by atoms with Crippen molar-refractivity contribution in [1.82, 2.24) is 9.88 Å². The van der Waals surface area contributed by atoms with E-state index in [0.717, 1.165) is 18.7 Å². The van der Waals surface area contributed by atoms with Gasteiger partial charge in [0.25, 0.3) is 0 Å². The van der Waals surface area contributed by atoms with Gasteiger partial charge in [-0.25, -0.2) is 4.98 Å². The van der Waals surface area contributed by atoms with Gasteiger partial charge < -0.3 is 9.80 Å². The second-order valence-corrected chi connectivity index (χ2v) is 4.22. The molecular formula is C13H18N4O. The summed E-state index contributed by atoms with van der Waals surface area (Å²) in [6, 6.07) is 5.53. The predicted molar refractivity (Wildman–Crippen MR) is 70.2 cm³/mol. The van der Waals surface area contributed by atoms with Crippen molar-refractivity contribution in [2.75, 3.05) is 32.1 Å². The molecule has 0 aromatic carbocycles. The van der Waals surface area contributed by atoms with E-state index < -0.39 is 0 Å². The molecule has 0 saturated heterocycles. The molecule has 0 bridgehead atoms. The Morgan fingerprint density at radius 3 is 2.78 bits per heavy atom. The lowest BCUT2D eigenvalue weighted by Crippen LogP contribution is -2.37. The fourth-order valence-corrected chi connectivity index (χ4v) is 1.55. The molecule has 1 heterocycles. The smallest absolute Gasteiger partial charge is 0.241 e. The zero-order valence-electron chi connectivity index (χ0n) is 11.1. The minimum absolute atomic E-state index is 0.0405. The molecule has 0 N–H and O–H groups in total. The summed E-state index contributed by atoms with van der Waals surface area (Å²) in [6.45, 7) is 3.14. The number of carbonyl (C=O) groups is 1. The van der Waals surface area contributed by atoms with Crippen molar-refractivity contribution < 1.29 is 4.79 Å². The fraction of sp³-hybridized carbons (Fsp3) is 0.462. The number of hydrogen-bond acceptors (Lipinski definition) is 4. The first-order chi connectivity index (χ1) is 8.58. The third-order valence-corrected chi connectivity index (χ3v) is 2.54. The minimum Gasteiger partial charge on any atom is -0.362 e. The molecule has 0 saturated carbocycles. The van der Waals surface area contributed by atoms with Crippen LogP contribution in [0.4, 0.5) is 5.69 Å². The molecule has 0 fully saturated rings. The third kappa shape index (κ3) is 3.74. The Morgan fingerprint density at radius 2 is 2.22 bits per heavy atom. The van der Waals surface area contributed by atoms with Crippen molar-refractivity contribution in [3.63, 3.8) is 0 Å². The first kappa shape index (κ1) is 14.0. The highest BCUT2D eigenvalue weighted by molar-refractivity contribution is 5.81. The van der Waals surface area contributed by atoms with Crippen LogP contribution < -0.4 is 4.90 Å². The number of amides is 1. The highest BCUT2D eigenvalue weighted by Gasteiger charge is 2.12. The molecule has 18 heavy (non-hydrogen) atoms. The topological polar surface area (TPSA) is 60.2 Å². The van der Waals surface area contributed by atoms with Gasteiger partial charge in [0.2, 0.25) is 5.91 Å². The Morgan fingerprint density at radius 1 is 1.50 bits per heavy atom. The molecule has 1 aromatic heterocycles. The number of nitriles is 1. The number of anilines is 1. The van der Waals surface area contributed by atoms with Crippen molar-refractivity contribution in [3.8, 4) is 6.07 Å². The van der Waals surface area contributed by atoms with Crippen LogP contribution in [0.2, 0.25) is 0 Å². The van der Waals surface area contributed by atoms with Crippen LogP contribution >= 0.6 is 0 Å². The van der Waals surface area contributed by atoms with Crippen molar-refractivity contribution in [2.24, 2.45) is 0 Å². The van der Waals surface area contributed by atoms with E-state index in [9.17, 15) is 4.79 Å². The van der Waals surface area contributed by atoms with E-state index in [4.69, 9.17) is 5.26 Å². The van der Waals surface area contributed by atoms with Gasteiger partial charge in [0.15, 0.2) is 0 Å². The Bertz CT molecular complexity index is 451. The lowest BCUT2D eigenvalue weighted by atomic mass is 10.2. The van der Waals surface area contributed by atoms with Gasteiger partial charge >= 0.3 is 0 Å². The third-order valence-electron chi connectivity index (χ3n) is 2.54. The minimum atomic E-state index is 0.0405. The molecule has 5 nitrogen and oxygen atoms in total. The Labute approximate surface area is 108 Å². The monoisotopic (exact) mass is 246 g/mol. The number of pyridine rings is 1. The van der Waals surface area contributed by atoms with Gasteiger partial charge in [-0.1, -0.05) is 6.92 Å². The van der Waals surface area contributed by atoms with E-state index in [1.54, 1.807) is 31.3 Å². The first-order valence-corrected chi connectivity index (χ1v) is 5.89. The van der Waals surface area contributed by atoms with Gasteiger partial charge in [-0.05, 0) is 18.6 Å². The summed E-state index contributed by atoms with van der Waals surface area (Å²) >= 11 is 0. The Kier molecular flexibility index (Phi) is 5.12. The maximum absolute atomic E-state index is 11.8. The number of aromatic nitrogens is 1. The normalized spacial score (nSPS) is 9.67. The van der Waals surface area contributed by atoms with Crippen LogP contribution in [0.25, 0.3) is 0 Å². The molecule has 5 heteroatoms. The summed E-state index contributed by atoms with van der Waals surface area (Å²) in [7, 11) is 3.47. The lowest BCUT2D eigenvalue weighted by molar-refractivity contribution is -0.127. The maximum atomic E-state index is 11.8. The fourth-order valence-electron chi connectivity index (χ4n) is 1.55. The SMILES string of the molecule is CCCN(CC(=O)N(C)C)c1ccnc(C#N)c1. The van der Waals surface area contributed by atoms with Crippen LogP contribution in [-0.4, -0.2) is 43.0 Å². The van der Waals surface area contributed by atoms with Gasteiger partial charge in [0.05, 0.1) is 6.54 Å². The van der Waals surface area contributed by atoms with Crippen LogP contribution in [0, 0.1) is 11.3 Å². The van der Waals surface area contributed by atoms with Gasteiger partial charge in [-0.3, -0.25) is 4.79 Å². The summed E-state index contributed by atoms with van der Waals surface area (Å²) < 4.78 is 0. The number of hydrogen-bond donors (Lipinski definition) is 0. The van der Waals surface area contributed by atoms with Crippen LogP contribution in [0.5, 0.6) is 0 Å². The molecule has 0 unspecified atom stereocenters. The van der Waals surface area contributed by atoms with E-state index in [2.05, 4.69) is 11.9 Å². The van der Waals surface area contributed by atoms with Crippen molar-refractivity contribution in [3.05, 3.63) is 24.0 Å². The van der Waals surface area contributed by atoms with Crippen molar-refractivity contribution >= 4 is 11.6 Å². The van der Waals surface area contributed by atoms with Crippen LogP contribution in [0.1, 0.15) is 19.0 Å². The predicted octanol–water partition coefficient (Wildman–Crippen LogP) is 1.26. The number of rotatable bonds is 5. The standard InChI is InChI=1S/C13H18N4O/c1-4-7-17(10-13(18)16(2)3)12-5-6-15-11(8-12)9-14/h5-6,8H,4,7,10H2,1-3H3. The zero-order chi connectivity index (χ0) is 13.5. The highest BCUT2D eigenvalue weighted by Crippen LogP contribution is 2.14. The summed E-state index contributed by atoms with van der Waals surface area (Å²) in [5, 5.41) is 8.84. The van der Waals surface area contributed by atoms with E-state index in [0.29, 0.717) is 12.2 Å². The van der Waals surface area contributed by atoms with E-state index in [1.165, 1.54) is 0 Å². The zero-order valence-corrected chi connectivity index (χ0v) is 11.1. The molecule has 0 aliphatic heterocycles. The van der Waals surface area contributed by atoms with Gasteiger partial charge in [-0.2, -0.15) is 5.26 Å². The Balaban J connectivity index is 2.90. The highest BCUT2D eigenvalue weighted by atomic mass is 16.2. The molecular weight excluding hydrogens is 228 g/mol. The largest absolute Gasteiger partial charge is 0.362 e. The van der Waals surface area contributed by atoms with E-state index >= 15 is 0 Å². The Hall–Kier alpha value is -2.09. The quantitative estimate of drug-likeness (QED) is 0.784. The summed E-state index contributed by atoms with van der Waals surface area (Å²) in [5.74, 6) is 0.0405. The second-order valence-electron chi connectivity index (χ2n) is 4.22. The van der Waals surface area contributed by atoms with Gasteiger partial charge in [0, 0.05) is 32.5 Å². The molecule has 1 amide bonds. The molecule has 0 atom stereocenters. The molecule has 0 aliphatic rings. The molecule has 1 rings (SSSR count). The van der Waals surface area contributed by atoms with Crippen molar-refractivity contribution in [2.45, 2.75) is 13.3 Å². The number of nitrogens with zero attached hydrogens (tertiary/aromatic N) is 4. The van der Waals surface area contributed by atoms with Gasteiger partial charge in [0.1, 0.15) is 11.8 Å². The number of likely N-dealkylation sites (N-methyl/N-ethyl adjacent to an activating group) is 1. The number of carbonyl (C=O) groups excluding carboxylic acids is 1. The van der Waals surface area contributed by atoms with E-state index in [1.807, 2.05) is 17.0 Å². The van der Waals surface area contributed by atoms with E-state index in [-0.39, 0.29) is 5.91 Å². The summed E-state index contributed by atoms with van der Waals surface area (Å²) in [5.41, 5.74) is 1.23. The molecule has 96 valence electrons. The van der Waals surface area contributed by atoms with Crippen molar-refractivity contribution in [1.29, 1.82) is 5.26 Å².